The average Bonchev–Trinajstić information content (AvgIpc) is 3.46. The maximum Gasteiger partial charge on any atom is 0.407 e. The van der Waals surface area contributed by atoms with Crippen molar-refractivity contribution in [2.75, 3.05) is 20.3 Å². The molecule has 0 bridgehead atoms. The first-order valence-electron chi connectivity index (χ1n) is 16.7. The van der Waals surface area contributed by atoms with E-state index in [-0.39, 0.29) is 18.9 Å². The van der Waals surface area contributed by atoms with Crippen molar-refractivity contribution in [2.24, 2.45) is 0 Å². The molecule has 2 aliphatic carbocycles. The molecule has 0 aliphatic heterocycles. The van der Waals surface area contributed by atoms with Crippen molar-refractivity contribution in [3.05, 3.63) is 149 Å². The largest absolute Gasteiger partial charge is 0.497 e. The van der Waals surface area contributed by atoms with E-state index in [4.69, 9.17) is 9.47 Å². The maximum atomic E-state index is 12.9. The molecule has 4 aromatic carbocycles. The van der Waals surface area contributed by atoms with Gasteiger partial charge in [0.1, 0.15) is 18.4 Å². The SMILES string of the molecule is COc1ccc(C(NCCCC[C@H](NC(=O)OCC2c3ccccc3-c3ccccc32)C(=O)O)(C2=CC=CCC2)c2ccccc2)cc1. The molecule has 2 atom stereocenters. The number of unbranched alkanes of at least 4 members (excludes halogenated alkanes) is 1. The van der Waals surface area contributed by atoms with Gasteiger partial charge >= 0.3 is 12.1 Å². The number of carboxylic acid groups (broad SMARTS) is 1. The van der Waals surface area contributed by atoms with Crippen molar-refractivity contribution < 1.29 is 24.2 Å². The second-order valence-electron chi connectivity index (χ2n) is 12.3. The van der Waals surface area contributed by atoms with Crippen LogP contribution in [0.4, 0.5) is 4.79 Å². The summed E-state index contributed by atoms with van der Waals surface area (Å²) in [5.74, 6) is -0.378. The number of allylic oxidation sites excluding steroid dienone is 3. The van der Waals surface area contributed by atoms with E-state index in [1.807, 2.05) is 42.5 Å². The molecule has 6 rings (SSSR count). The Morgan fingerprint density at radius 2 is 1.50 bits per heavy atom. The van der Waals surface area contributed by atoms with Crippen LogP contribution in [0.3, 0.4) is 0 Å². The summed E-state index contributed by atoms with van der Waals surface area (Å²) in [5.41, 5.74) is 7.43. The van der Waals surface area contributed by atoms with E-state index in [0.29, 0.717) is 19.4 Å². The summed E-state index contributed by atoms with van der Waals surface area (Å²) < 4.78 is 11.1. The molecule has 1 unspecified atom stereocenters. The number of nitrogens with one attached hydrogen (secondary N) is 2. The van der Waals surface area contributed by atoms with Crippen molar-refractivity contribution in [3.63, 3.8) is 0 Å². The van der Waals surface area contributed by atoms with Crippen LogP contribution in [0, 0.1) is 0 Å². The molecule has 0 saturated heterocycles. The Kier molecular flexibility index (Phi) is 10.4. The zero-order valence-electron chi connectivity index (χ0n) is 27.2. The number of methoxy groups -OCH3 is 1. The molecule has 1 amide bonds. The van der Waals surface area contributed by atoms with Gasteiger partial charge in [-0.25, -0.2) is 9.59 Å². The number of amides is 1. The van der Waals surface area contributed by atoms with Gasteiger partial charge in [0.15, 0.2) is 0 Å². The molecular weight excluding hydrogens is 600 g/mol. The summed E-state index contributed by atoms with van der Waals surface area (Å²) in [4.78, 5) is 25.0. The van der Waals surface area contributed by atoms with Gasteiger partial charge in [0, 0.05) is 5.92 Å². The molecular formula is C41H42N2O5. The van der Waals surface area contributed by atoms with Gasteiger partial charge in [0.05, 0.1) is 12.6 Å². The highest BCUT2D eigenvalue weighted by molar-refractivity contribution is 5.81. The maximum absolute atomic E-state index is 12.9. The normalized spacial score (nSPS) is 15.4. The zero-order chi connectivity index (χ0) is 33.3. The lowest BCUT2D eigenvalue weighted by atomic mass is 9.74. The topological polar surface area (TPSA) is 96.9 Å². The highest BCUT2D eigenvalue weighted by Gasteiger charge is 2.37. The van der Waals surface area contributed by atoms with E-state index in [1.54, 1.807) is 7.11 Å². The predicted molar refractivity (Wildman–Crippen MR) is 188 cm³/mol. The number of fused-ring (bicyclic) bond motifs is 3. The van der Waals surface area contributed by atoms with Crippen LogP contribution in [-0.2, 0) is 15.1 Å². The van der Waals surface area contributed by atoms with Crippen LogP contribution in [0.25, 0.3) is 11.1 Å². The molecule has 0 aromatic heterocycles. The number of carboxylic acids is 1. The molecule has 2 aliphatic rings. The Morgan fingerprint density at radius 1 is 0.854 bits per heavy atom. The smallest absolute Gasteiger partial charge is 0.407 e. The Morgan fingerprint density at radius 3 is 2.12 bits per heavy atom. The minimum Gasteiger partial charge on any atom is -0.497 e. The van der Waals surface area contributed by atoms with Crippen molar-refractivity contribution in [3.8, 4) is 16.9 Å². The number of ether oxygens (including phenoxy) is 2. The molecule has 4 aromatic rings. The summed E-state index contributed by atoms with van der Waals surface area (Å²) in [5, 5.41) is 16.4. The fraction of sp³-hybridized carbons (Fsp3) is 0.268. The first-order valence-corrected chi connectivity index (χ1v) is 16.7. The molecule has 0 heterocycles. The van der Waals surface area contributed by atoms with E-state index in [9.17, 15) is 14.7 Å². The summed E-state index contributed by atoms with van der Waals surface area (Å²) in [7, 11) is 1.67. The number of aliphatic carboxylic acids is 1. The summed E-state index contributed by atoms with van der Waals surface area (Å²) in [6.45, 7) is 0.771. The minimum atomic E-state index is -1.08. The van der Waals surface area contributed by atoms with E-state index < -0.39 is 23.6 Å². The van der Waals surface area contributed by atoms with Crippen molar-refractivity contribution >= 4 is 12.1 Å². The van der Waals surface area contributed by atoms with Crippen LogP contribution in [0.5, 0.6) is 5.75 Å². The van der Waals surface area contributed by atoms with Crippen LogP contribution < -0.4 is 15.4 Å². The predicted octanol–water partition coefficient (Wildman–Crippen LogP) is 7.97. The van der Waals surface area contributed by atoms with E-state index in [0.717, 1.165) is 52.0 Å². The van der Waals surface area contributed by atoms with E-state index in [2.05, 4.69) is 89.5 Å². The van der Waals surface area contributed by atoms with Crippen molar-refractivity contribution in [1.82, 2.24) is 10.6 Å². The summed E-state index contributed by atoms with van der Waals surface area (Å²) in [6.07, 6.45) is 9.25. The van der Waals surface area contributed by atoms with Gasteiger partial charge in [-0.2, -0.15) is 0 Å². The third-order valence-corrected chi connectivity index (χ3v) is 9.47. The molecule has 0 fully saturated rings. The number of benzene rings is 4. The first kappa shape index (κ1) is 32.8. The molecule has 246 valence electrons. The summed E-state index contributed by atoms with van der Waals surface area (Å²) in [6, 6.07) is 33.8. The number of carbonyl (C=O) groups excluding carboxylic acids is 1. The molecule has 0 spiro atoms. The molecule has 7 nitrogen and oxygen atoms in total. The molecule has 0 saturated carbocycles. The van der Waals surface area contributed by atoms with Gasteiger partial charge in [0.25, 0.3) is 0 Å². The molecule has 3 N–H and O–H groups in total. The first-order chi connectivity index (χ1) is 23.5. The number of hydrogen-bond donors (Lipinski definition) is 3. The standard InChI is InChI=1S/C41H42N2O5/c1-47-32-25-23-31(24-26-32)41(29-14-4-2-5-15-29,30-16-6-3-7-17-30)42-27-13-12-22-38(39(44)45)43-40(46)48-28-37-35-20-10-8-18-33(35)34-19-9-11-21-36(34)37/h2-6,8-11,14-16,18-21,23-26,37-38,42H,7,12-13,17,22,27-28H2,1H3,(H,43,46)(H,44,45)/t38-,41?/m0/s1. The lowest BCUT2D eigenvalue weighted by molar-refractivity contribution is -0.139. The van der Waals surface area contributed by atoms with Crippen LogP contribution in [-0.4, -0.2) is 43.5 Å². The number of alkyl carbamates (subject to hydrolysis) is 1. The zero-order valence-corrected chi connectivity index (χ0v) is 27.2. The Hall–Kier alpha value is -5.14. The molecule has 0 radical (unpaired) electrons. The second kappa shape index (κ2) is 15.2. The third-order valence-electron chi connectivity index (χ3n) is 9.47. The van der Waals surface area contributed by atoms with Crippen LogP contribution in [0.2, 0.25) is 0 Å². The number of carbonyl (C=O) groups is 2. The lowest BCUT2D eigenvalue weighted by Crippen LogP contribution is -2.46. The number of rotatable bonds is 14. The number of hydrogen-bond acceptors (Lipinski definition) is 5. The van der Waals surface area contributed by atoms with Gasteiger partial charge in [-0.05, 0) is 89.7 Å². The quantitative estimate of drug-likeness (QED) is 0.121. The van der Waals surface area contributed by atoms with Crippen LogP contribution >= 0.6 is 0 Å². The fourth-order valence-corrected chi connectivity index (χ4v) is 7.09. The highest BCUT2D eigenvalue weighted by Crippen LogP contribution is 2.44. The van der Waals surface area contributed by atoms with Gasteiger partial charge in [0.2, 0.25) is 0 Å². The second-order valence-corrected chi connectivity index (χ2v) is 12.3. The van der Waals surface area contributed by atoms with Gasteiger partial charge in [-0.15, -0.1) is 0 Å². The molecule has 7 heteroatoms. The van der Waals surface area contributed by atoms with Gasteiger partial charge < -0.3 is 25.2 Å². The minimum absolute atomic E-state index is 0.0946. The van der Waals surface area contributed by atoms with Gasteiger partial charge in [-0.3, -0.25) is 0 Å². The summed E-state index contributed by atoms with van der Waals surface area (Å²) >= 11 is 0. The van der Waals surface area contributed by atoms with E-state index >= 15 is 0 Å². The van der Waals surface area contributed by atoms with E-state index in [1.165, 1.54) is 5.57 Å². The highest BCUT2D eigenvalue weighted by atomic mass is 16.5. The van der Waals surface area contributed by atoms with Crippen LogP contribution in [0.15, 0.2) is 127 Å². The lowest BCUT2D eigenvalue weighted by Gasteiger charge is -2.40. The monoisotopic (exact) mass is 642 g/mol. The van der Waals surface area contributed by atoms with Crippen molar-refractivity contribution in [1.29, 1.82) is 0 Å². The Balaban J connectivity index is 1.09. The van der Waals surface area contributed by atoms with Gasteiger partial charge in [-0.1, -0.05) is 109 Å². The average molecular weight is 643 g/mol. The van der Waals surface area contributed by atoms with Crippen LogP contribution in [0.1, 0.15) is 60.3 Å². The Bertz CT molecular complexity index is 1740. The third kappa shape index (κ3) is 6.92. The Labute approximate surface area is 282 Å². The fourth-order valence-electron chi connectivity index (χ4n) is 7.09. The molecule has 48 heavy (non-hydrogen) atoms. The van der Waals surface area contributed by atoms with Crippen molar-refractivity contribution in [2.45, 2.75) is 49.6 Å².